The second kappa shape index (κ2) is 5.98. The summed E-state index contributed by atoms with van der Waals surface area (Å²) in [5.74, 6) is 0.722. The molecule has 0 aromatic carbocycles. The van der Waals surface area contributed by atoms with Gasteiger partial charge in [0, 0.05) is 39.5 Å². The molecule has 0 saturated carbocycles. The monoisotopic (exact) mass is 235 g/mol. The van der Waals surface area contributed by atoms with E-state index in [1.165, 1.54) is 0 Å². The number of anilines is 1. The zero-order chi connectivity index (χ0) is 12.1. The lowest BCUT2D eigenvalue weighted by Gasteiger charge is -2.29. The summed E-state index contributed by atoms with van der Waals surface area (Å²) in [5, 5.41) is 0. The number of hydrogen-bond acceptors (Lipinski definition) is 4. The van der Waals surface area contributed by atoms with Crippen LogP contribution in [0.15, 0.2) is 18.5 Å². The highest BCUT2D eigenvalue weighted by atomic mass is 16.5. The molecule has 0 radical (unpaired) electrons. The Bertz CT molecular complexity index is 350. The smallest absolute Gasteiger partial charge is 0.0595 e. The van der Waals surface area contributed by atoms with Crippen LogP contribution < -0.4 is 10.6 Å². The summed E-state index contributed by atoms with van der Waals surface area (Å²) in [6.45, 7) is 3.42. The molecule has 2 N–H and O–H groups in total. The maximum atomic E-state index is 5.75. The summed E-state index contributed by atoms with van der Waals surface area (Å²) in [4.78, 5) is 6.45. The fourth-order valence-corrected chi connectivity index (χ4v) is 2.35. The molecular formula is C13H21N3O. The Morgan fingerprint density at radius 1 is 1.47 bits per heavy atom. The highest BCUT2D eigenvalue weighted by molar-refractivity contribution is 5.50. The lowest BCUT2D eigenvalue weighted by Crippen LogP contribution is -2.30. The largest absolute Gasteiger partial charge is 0.381 e. The third kappa shape index (κ3) is 3.17. The molecule has 0 atom stereocenters. The normalized spacial score (nSPS) is 17.1. The number of nitrogens with two attached hydrogens (primary N) is 1. The van der Waals surface area contributed by atoms with Crippen LogP contribution in [0.3, 0.4) is 0 Å². The molecule has 1 aliphatic rings. The molecule has 94 valence electrons. The lowest BCUT2D eigenvalue weighted by atomic mass is 9.99. The maximum absolute atomic E-state index is 5.75. The summed E-state index contributed by atoms with van der Waals surface area (Å²) in [6, 6.07) is 2.00. The number of pyridine rings is 1. The van der Waals surface area contributed by atoms with Gasteiger partial charge in [0.05, 0.1) is 11.9 Å². The molecule has 1 aromatic heterocycles. The number of rotatable bonds is 4. The van der Waals surface area contributed by atoms with Crippen LogP contribution >= 0.6 is 0 Å². The average molecular weight is 235 g/mol. The molecule has 4 nitrogen and oxygen atoms in total. The molecule has 2 rings (SSSR count). The van der Waals surface area contributed by atoms with Gasteiger partial charge in [-0.15, -0.1) is 0 Å². The minimum atomic E-state index is 0.565. The van der Waals surface area contributed by atoms with Crippen molar-refractivity contribution in [2.24, 2.45) is 11.7 Å². The maximum Gasteiger partial charge on any atom is 0.0595 e. The minimum absolute atomic E-state index is 0.565. The Morgan fingerprint density at radius 2 is 2.24 bits per heavy atom. The fraction of sp³-hybridized carbons (Fsp3) is 0.615. The first-order valence-electron chi connectivity index (χ1n) is 6.23. The van der Waals surface area contributed by atoms with Crippen LogP contribution in [0, 0.1) is 5.92 Å². The number of nitrogens with zero attached hydrogens (tertiary/aromatic N) is 2. The van der Waals surface area contributed by atoms with E-state index in [0.717, 1.165) is 49.8 Å². The minimum Gasteiger partial charge on any atom is -0.381 e. The summed E-state index contributed by atoms with van der Waals surface area (Å²) < 4.78 is 5.38. The van der Waals surface area contributed by atoms with Crippen molar-refractivity contribution < 1.29 is 4.74 Å². The van der Waals surface area contributed by atoms with Gasteiger partial charge in [-0.25, -0.2) is 0 Å². The fourth-order valence-electron chi connectivity index (χ4n) is 2.35. The summed E-state index contributed by atoms with van der Waals surface area (Å²) in [5.41, 5.74) is 8.06. The van der Waals surface area contributed by atoms with Crippen LogP contribution in [-0.4, -0.2) is 31.8 Å². The molecule has 17 heavy (non-hydrogen) atoms. The van der Waals surface area contributed by atoms with Gasteiger partial charge in [0.1, 0.15) is 0 Å². The van der Waals surface area contributed by atoms with E-state index in [1.54, 1.807) is 6.20 Å². The van der Waals surface area contributed by atoms with Gasteiger partial charge < -0.3 is 15.4 Å². The van der Waals surface area contributed by atoms with Gasteiger partial charge in [0.15, 0.2) is 0 Å². The van der Waals surface area contributed by atoms with Crippen LogP contribution in [0.4, 0.5) is 5.69 Å². The molecule has 1 fully saturated rings. The second-order valence-electron chi connectivity index (χ2n) is 4.64. The van der Waals surface area contributed by atoms with Gasteiger partial charge in [-0.2, -0.15) is 0 Å². The van der Waals surface area contributed by atoms with E-state index < -0.39 is 0 Å². The molecule has 0 amide bonds. The Hall–Kier alpha value is -1.13. The lowest BCUT2D eigenvalue weighted by molar-refractivity contribution is 0.0685. The number of aromatic nitrogens is 1. The second-order valence-corrected chi connectivity index (χ2v) is 4.64. The zero-order valence-corrected chi connectivity index (χ0v) is 10.4. The average Bonchev–Trinajstić information content (AvgIpc) is 2.40. The Morgan fingerprint density at radius 3 is 2.94 bits per heavy atom. The SMILES string of the molecule is CN(CC1CCOCC1)c1cnccc1CN. The van der Waals surface area contributed by atoms with Gasteiger partial charge in [-0.1, -0.05) is 0 Å². The van der Waals surface area contributed by atoms with E-state index in [0.29, 0.717) is 6.54 Å². The van der Waals surface area contributed by atoms with Crippen LogP contribution in [0.2, 0.25) is 0 Å². The summed E-state index contributed by atoms with van der Waals surface area (Å²) in [6.07, 6.45) is 6.01. The molecule has 0 bridgehead atoms. The predicted molar refractivity (Wildman–Crippen MR) is 68.9 cm³/mol. The van der Waals surface area contributed by atoms with Gasteiger partial charge in [0.2, 0.25) is 0 Å². The molecule has 2 heterocycles. The quantitative estimate of drug-likeness (QED) is 0.857. The first-order chi connectivity index (χ1) is 8.31. The number of hydrogen-bond donors (Lipinski definition) is 1. The van der Waals surface area contributed by atoms with Crippen molar-refractivity contribution in [3.8, 4) is 0 Å². The van der Waals surface area contributed by atoms with Crippen molar-refractivity contribution in [3.63, 3.8) is 0 Å². The van der Waals surface area contributed by atoms with Crippen molar-refractivity contribution in [1.29, 1.82) is 0 Å². The first-order valence-corrected chi connectivity index (χ1v) is 6.23. The summed E-state index contributed by atoms with van der Waals surface area (Å²) >= 11 is 0. The topological polar surface area (TPSA) is 51.4 Å². The molecule has 0 spiro atoms. The van der Waals surface area contributed by atoms with E-state index in [-0.39, 0.29) is 0 Å². The summed E-state index contributed by atoms with van der Waals surface area (Å²) in [7, 11) is 2.12. The van der Waals surface area contributed by atoms with Crippen molar-refractivity contribution in [1.82, 2.24) is 4.98 Å². The standard InChI is InChI=1S/C13H21N3O/c1-16(10-11-3-6-17-7-4-11)13-9-15-5-2-12(13)8-14/h2,5,9,11H,3-4,6-8,10,14H2,1H3. The van der Waals surface area contributed by atoms with E-state index in [9.17, 15) is 0 Å². The van der Waals surface area contributed by atoms with Crippen molar-refractivity contribution >= 4 is 5.69 Å². The molecule has 0 unspecified atom stereocenters. The van der Waals surface area contributed by atoms with E-state index >= 15 is 0 Å². The Kier molecular flexibility index (Phi) is 4.34. The third-order valence-corrected chi connectivity index (χ3v) is 3.39. The van der Waals surface area contributed by atoms with Crippen LogP contribution in [0.5, 0.6) is 0 Å². The molecule has 4 heteroatoms. The molecule has 1 aliphatic heterocycles. The van der Waals surface area contributed by atoms with Crippen molar-refractivity contribution in [2.75, 3.05) is 31.7 Å². The predicted octanol–water partition coefficient (Wildman–Crippen LogP) is 1.40. The Labute approximate surface area is 103 Å². The third-order valence-electron chi connectivity index (χ3n) is 3.39. The van der Waals surface area contributed by atoms with Gasteiger partial charge in [-0.3, -0.25) is 4.98 Å². The van der Waals surface area contributed by atoms with Crippen LogP contribution in [0.25, 0.3) is 0 Å². The van der Waals surface area contributed by atoms with Gasteiger partial charge in [0.25, 0.3) is 0 Å². The van der Waals surface area contributed by atoms with Gasteiger partial charge >= 0.3 is 0 Å². The number of ether oxygens (including phenoxy) is 1. The van der Waals surface area contributed by atoms with Crippen LogP contribution in [-0.2, 0) is 11.3 Å². The van der Waals surface area contributed by atoms with Gasteiger partial charge in [-0.05, 0) is 30.4 Å². The first kappa shape index (κ1) is 12.3. The van der Waals surface area contributed by atoms with E-state index in [1.807, 2.05) is 12.3 Å². The highest BCUT2D eigenvalue weighted by Gasteiger charge is 2.17. The zero-order valence-electron chi connectivity index (χ0n) is 10.4. The molecule has 1 aromatic rings. The Balaban J connectivity index is 2.00. The van der Waals surface area contributed by atoms with E-state index in [4.69, 9.17) is 10.5 Å². The molecular weight excluding hydrogens is 214 g/mol. The van der Waals surface area contributed by atoms with E-state index in [2.05, 4.69) is 16.9 Å². The van der Waals surface area contributed by atoms with Crippen molar-refractivity contribution in [2.45, 2.75) is 19.4 Å². The molecule has 0 aliphatic carbocycles. The molecule has 1 saturated heterocycles. The van der Waals surface area contributed by atoms with Crippen LogP contribution in [0.1, 0.15) is 18.4 Å². The van der Waals surface area contributed by atoms with Crippen molar-refractivity contribution in [3.05, 3.63) is 24.0 Å². The highest BCUT2D eigenvalue weighted by Crippen LogP contribution is 2.22.